The van der Waals surface area contributed by atoms with Gasteiger partial charge in [-0.3, -0.25) is 19.2 Å². The van der Waals surface area contributed by atoms with E-state index in [9.17, 15) is 33.9 Å². The molecule has 0 radical (unpaired) electrons. The van der Waals surface area contributed by atoms with E-state index in [0.29, 0.717) is 33.6 Å². The van der Waals surface area contributed by atoms with Crippen molar-refractivity contribution in [3.05, 3.63) is 58.7 Å². The van der Waals surface area contributed by atoms with E-state index in [1.54, 1.807) is 36.4 Å². The van der Waals surface area contributed by atoms with Crippen LogP contribution in [0.5, 0.6) is 0 Å². The van der Waals surface area contributed by atoms with Crippen molar-refractivity contribution in [2.45, 2.75) is 57.8 Å². The molecule has 2 heterocycles. The molecule has 2 aromatic carbocycles. The zero-order valence-electron chi connectivity index (χ0n) is 22.0. The van der Waals surface area contributed by atoms with Crippen molar-refractivity contribution < 1.29 is 33.9 Å². The topological polar surface area (TPSA) is 233 Å². The van der Waals surface area contributed by atoms with Crippen LogP contribution in [0.15, 0.2) is 36.4 Å². The predicted molar refractivity (Wildman–Crippen MR) is 144 cm³/mol. The lowest BCUT2D eigenvalue weighted by atomic mass is 10.1. The second-order valence-corrected chi connectivity index (χ2v) is 9.63. The van der Waals surface area contributed by atoms with Gasteiger partial charge in [-0.15, -0.1) is 0 Å². The highest BCUT2D eigenvalue weighted by Crippen LogP contribution is 2.31. The molecule has 0 fully saturated rings. The largest absolute Gasteiger partial charge is 0.480 e. The average Bonchev–Trinajstić information content (AvgIpc) is 3.38. The summed E-state index contributed by atoms with van der Waals surface area (Å²) in [6, 6.07) is 8.15. The first-order chi connectivity index (χ1) is 18.8. The van der Waals surface area contributed by atoms with Crippen molar-refractivity contribution in [3.8, 4) is 0 Å². The number of ketones is 1. The van der Waals surface area contributed by atoms with Crippen LogP contribution in [0.25, 0.3) is 0 Å². The van der Waals surface area contributed by atoms with Crippen LogP contribution in [0.1, 0.15) is 64.4 Å². The molecule has 0 aliphatic carbocycles. The highest BCUT2D eigenvalue weighted by molar-refractivity contribution is 6.03. The first-order valence-corrected chi connectivity index (χ1v) is 12.5. The van der Waals surface area contributed by atoms with Gasteiger partial charge in [-0.05, 0) is 44.0 Å². The lowest BCUT2D eigenvalue weighted by molar-refractivity contribution is -0.142. The van der Waals surface area contributed by atoms with Gasteiger partial charge in [0.15, 0.2) is 0 Å². The molecule has 13 nitrogen and oxygen atoms in total. The number of hydrogen-bond acceptors (Lipinski definition) is 8. The number of carboxylic acid groups (broad SMARTS) is 1. The number of nitrogens with zero attached hydrogens (tertiary/aromatic N) is 2. The summed E-state index contributed by atoms with van der Waals surface area (Å²) in [6.45, 7) is 1.83. The van der Waals surface area contributed by atoms with E-state index >= 15 is 0 Å². The number of nitrogen functional groups attached to an aromatic ring is 2. The molecule has 0 spiro atoms. The molecule has 2 aliphatic rings. The third kappa shape index (κ3) is 6.37. The lowest BCUT2D eigenvalue weighted by Crippen LogP contribution is -2.45. The molecule has 4 amide bonds. The number of aliphatic carboxylic acids is 1. The Balaban J connectivity index is 0.000000220. The monoisotopic (exact) mass is 552 g/mol. The molecule has 0 aromatic heterocycles. The van der Waals surface area contributed by atoms with Gasteiger partial charge in [-0.2, -0.15) is 0 Å². The number of nitrogens with two attached hydrogens (primary N) is 4. The second kappa shape index (κ2) is 12.3. The van der Waals surface area contributed by atoms with Crippen LogP contribution >= 0.6 is 0 Å². The van der Waals surface area contributed by atoms with Gasteiger partial charge in [0.05, 0.1) is 0 Å². The van der Waals surface area contributed by atoms with Crippen LogP contribution in [0.3, 0.4) is 0 Å². The van der Waals surface area contributed by atoms with Crippen LogP contribution in [-0.4, -0.2) is 62.4 Å². The fourth-order valence-corrected chi connectivity index (χ4v) is 4.74. The number of benzene rings is 2. The summed E-state index contributed by atoms with van der Waals surface area (Å²) in [7, 11) is 0. The van der Waals surface area contributed by atoms with Gasteiger partial charge in [0.2, 0.25) is 11.8 Å². The molecule has 2 aliphatic heterocycles. The van der Waals surface area contributed by atoms with Crippen LogP contribution in [0.2, 0.25) is 0 Å². The van der Waals surface area contributed by atoms with Crippen molar-refractivity contribution in [1.82, 2.24) is 9.80 Å². The Morgan fingerprint density at radius 2 is 1.25 bits per heavy atom. The minimum absolute atomic E-state index is 0.00962. The zero-order valence-corrected chi connectivity index (χ0v) is 22.0. The Bertz CT molecular complexity index is 1270. The SMILES string of the molecule is CC(=O)CCC(C(N)=O)N1Cc2c(N)cccc2C1=O.NC(=O)CCC(C(=O)O)N1Cc2c(N)cccc2C1=O. The number of carbonyl (C=O) groups is 6. The molecule has 2 atom stereocenters. The summed E-state index contributed by atoms with van der Waals surface area (Å²) in [6.07, 6.45) is 0.352. The number of rotatable bonds is 10. The summed E-state index contributed by atoms with van der Waals surface area (Å²) >= 11 is 0. The number of primary amides is 2. The molecule has 4 rings (SSSR count). The first-order valence-electron chi connectivity index (χ1n) is 12.5. The number of fused-ring (bicyclic) bond motifs is 2. The fraction of sp³-hybridized carbons (Fsp3) is 0.333. The normalized spacial score (nSPS) is 15.0. The summed E-state index contributed by atoms with van der Waals surface area (Å²) in [4.78, 5) is 71.9. The lowest BCUT2D eigenvalue weighted by Gasteiger charge is -2.24. The van der Waals surface area contributed by atoms with Crippen LogP contribution in [0, 0.1) is 0 Å². The number of carbonyl (C=O) groups excluding carboxylic acids is 5. The minimum atomic E-state index is -1.16. The van der Waals surface area contributed by atoms with E-state index in [4.69, 9.17) is 22.9 Å². The molecule has 2 aromatic rings. The van der Waals surface area contributed by atoms with Crippen molar-refractivity contribution in [2.24, 2.45) is 11.5 Å². The van der Waals surface area contributed by atoms with Crippen molar-refractivity contribution >= 4 is 46.8 Å². The standard InChI is InChI=1S/C14H17N3O3.C13H15N3O4/c1-8(18)5-6-12(13(16)19)17-7-10-9(14(17)20)3-2-4-11(10)15;14-9-3-1-2-7-8(9)6-16(12(7)18)10(13(19)20)4-5-11(15)17/h2-4,12H,5-7,15H2,1H3,(H2,16,19);1-3,10H,4-6,14H2,(H2,15,17)(H,19,20). The minimum Gasteiger partial charge on any atom is -0.480 e. The number of amides is 4. The molecule has 212 valence electrons. The molecule has 0 bridgehead atoms. The molecule has 2 unspecified atom stereocenters. The highest BCUT2D eigenvalue weighted by Gasteiger charge is 2.38. The summed E-state index contributed by atoms with van der Waals surface area (Å²) in [5, 5.41) is 9.24. The molecule has 13 heteroatoms. The van der Waals surface area contributed by atoms with Gasteiger partial charge in [0, 0.05) is 59.6 Å². The van der Waals surface area contributed by atoms with Gasteiger partial charge in [-0.1, -0.05) is 12.1 Å². The van der Waals surface area contributed by atoms with E-state index in [0.717, 1.165) is 0 Å². The van der Waals surface area contributed by atoms with Crippen LogP contribution in [-0.2, 0) is 32.3 Å². The Hall–Kier alpha value is -4.94. The second-order valence-electron chi connectivity index (χ2n) is 9.63. The van der Waals surface area contributed by atoms with Gasteiger partial charge in [0.25, 0.3) is 11.8 Å². The first kappa shape index (κ1) is 29.6. The molecule has 9 N–H and O–H groups in total. The smallest absolute Gasteiger partial charge is 0.326 e. The quantitative estimate of drug-likeness (QED) is 0.256. The third-order valence-electron chi connectivity index (χ3n) is 6.86. The van der Waals surface area contributed by atoms with E-state index in [1.807, 2.05) is 0 Å². The maximum atomic E-state index is 12.3. The van der Waals surface area contributed by atoms with E-state index < -0.39 is 29.9 Å². The van der Waals surface area contributed by atoms with Crippen LogP contribution in [0.4, 0.5) is 11.4 Å². The predicted octanol–water partition coefficient (Wildman–Crippen LogP) is 0.391. The fourth-order valence-electron chi connectivity index (χ4n) is 4.74. The average molecular weight is 553 g/mol. The maximum absolute atomic E-state index is 12.3. The Morgan fingerprint density at radius 1 is 0.800 bits per heavy atom. The Kier molecular flexibility index (Phi) is 9.09. The van der Waals surface area contributed by atoms with Gasteiger partial charge < -0.3 is 42.6 Å². The molecule has 40 heavy (non-hydrogen) atoms. The number of hydrogen-bond donors (Lipinski definition) is 5. The van der Waals surface area contributed by atoms with Crippen molar-refractivity contribution in [2.75, 3.05) is 11.5 Å². The van der Waals surface area contributed by atoms with Crippen LogP contribution < -0.4 is 22.9 Å². The highest BCUT2D eigenvalue weighted by atomic mass is 16.4. The Labute approximate surface area is 230 Å². The zero-order chi connectivity index (χ0) is 29.7. The van der Waals surface area contributed by atoms with E-state index in [2.05, 4.69) is 0 Å². The molecular formula is C27H32N6O7. The molecular weight excluding hydrogens is 520 g/mol. The number of anilines is 2. The molecule has 0 saturated heterocycles. The van der Waals surface area contributed by atoms with E-state index in [-0.39, 0.29) is 56.4 Å². The van der Waals surface area contributed by atoms with Gasteiger partial charge in [0.1, 0.15) is 17.9 Å². The summed E-state index contributed by atoms with van der Waals surface area (Å²) in [5.41, 5.74) is 25.3. The van der Waals surface area contributed by atoms with E-state index in [1.165, 1.54) is 16.7 Å². The van der Waals surface area contributed by atoms with Crippen molar-refractivity contribution in [3.63, 3.8) is 0 Å². The maximum Gasteiger partial charge on any atom is 0.326 e. The molecule has 0 saturated carbocycles. The Morgan fingerprint density at radius 3 is 1.62 bits per heavy atom. The number of Topliss-reactive ketones (excluding diaryl/α,β-unsaturated/α-hetero) is 1. The summed E-state index contributed by atoms with van der Waals surface area (Å²) in [5.74, 6) is -3.05. The third-order valence-corrected chi connectivity index (χ3v) is 6.86. The van der Waals surface area contributed by atoms with Gasteiger partial charge in [-0.25, -0.2) is 4.79 Å². The summed E-state index contributed by atoms with van der Waals surface area (Å²) < 4.78 is 0. The van der Waals surface area contributed by atoms with Gasteiger partial charge >= 0.3 is 5.97 Å². The van der Waals surface area contributed by atoms with Crippen molar-refractivity contribution in [1.29, 1.82) is 0 Å². The number of carboxylic acids is 1.